The largest absolute Gasteiger partial charge is 0.379 e. The van der Waals surface area contributed by atoms with Gasteiger partial charge in [0.1, 0.15) is 0 Å². The molecule has 5 rings (SSSR count). The van der Waals surface area contributed by atoms with E-state index < -0.39 is 0 Å². The van der Waals surface area contributed by atoms with Crippen LogP contribution in [0.15, 0.2) is 24.3 Å². The Morgan fingerprint density at radius 2 is 1.54 bits per heavy atom. The smallest absolute Gasteiger partial charge is 0.253 e. The van der Waals surface area contributed by atoms with Crippen LogP contribution >= 0.6 is 0 Å². The van der Waals surface area contributed by atoms with Crippen molar-refractivity contribution >= 4 is 11.6 Å². The minimum absolute atomic E-state index is 0.0235. The van der Waals surface area contributed by atoms with Crippen molar-refractivity contribution in [1.29, 1.82) is 0 Å². The second kappa shape index (κ2) is 5.50. The molecule has 4 aliphatic rings. The highest BCUT2D eigenvalue weighted by Crippen LogP contribution is 2.56. The summed E-state index contributed by atoms with van der Waals surface area (Å²) >= 11 is 0. The summed E-state index contributed by atoms with van der Waals surface area (Å²) in [4.78, 5) is 12.7. The van der Waals surface area contributed by atoms with E-state index in [0.29, 0.717) is 0 Å². The van der Waals surface area contributed by atoms with Gasteiger partial charge in [0.2, 0.25) is 0 Å². The number of carbonyl (C=O) groups is 1. The second-order valence-electron chi connectivity index (χ2n) is 9.57. The summed E-state index contributed by atoms with van der Waals surface area (Å²) in [5.74, 6) is 2.73. The van der Waals surface area contributed by atoms with Gasteiger partial charge in [-0.3, -0.25) is 4.79 Å². The van der Waals surface area contributed by atoms with Crippen LogP contribution in [0.4, 0.5) is 5.69 Å². The summed E-state index contributed by atoms with van der Waals surface area (Å²) in [6.07, 6.45) is 8.17. The van der Waals surface area contributed by atoms with Gasteiger partial charge in [0.05, 0.1) is 5.56 Å². The molecule has 1 aromatic rings. The molecule has 0 atom stereocenters. The molecule has 4 saturated carbocycles. The number of para-hydroxylation sites is 1. The Kier molecular flexibility index (Phi) is 3.67. The van der Waals surface area contributed by atoms with E-state index in [0.717, 1.165) is 29.0 Å². The van der Waals surface area contributed by atoms with Crippen LogP contribution in [0.25, 0.3) is 0 Å². The molecule has 3 heteroatoms. The van der Waals surface area contributed by atoms with Crippen molar-refractivity contribution in [1.82, 2.24) is 5.32 Å². The Bertz CT molecular complexity index is 608. The fraction of sp³-hybridized carbons (Fsp3) is 0.667. The van der Waals surface area contributed by atoms with Crippen molar-refractivity contribution in [2.75, 3.05) is 5.32 Å². The third-order valence-electron chi connectivity index (χ3n) is 6.10. The zero-order valence-electron chi connectivity index (χ0n) is 15.2. The highest BCUT2D eigenvalue weighted by atomic mass is 16.1. The quantitative estimate of drug-likeness (QED) is 0.852. The molecule has 3 nitrogen and oxygen atoms in total. The summed E-state index contributed by atoms with van der Waals surface area (Å²) in [7, 11) is 0. The van der Waals surface area contributed by atoms with Gasteiger partial charge in [-0.2, -0.15) is 0 Å². The van der Waals surface area contributed by atoms with E-state index >= 15 is 0 Å². The van der Waals surface area contributed by atoms with Crippen molar-refractivity contribution in [3.8, 4) is 0 Å². The predicted octanol–water partition coefficient (Wildman–Crippen LogP) is 4.60. The minimum atomic E-state index is -0.217. The van der Waals surface area contributed by atoms with Crippen LogP contribution in [0, 0.1) is 17.8 Å². The van der Waals surface area contributed by atoms with E-state index in [9.17, 15) is 4.79 Å². The standard InChI is InChI=1S/C21H30N2O/c1-20(2,3)23-19(24)17-6-4-5-7-18(17)22-21-11-14-8-15(12-21)10-16(9-14)13-21/h4-7,14-16,22H,8-13H2,1-3H3,(H,23,24). The molecule has 130 valence electrons. The van der Waals surface area contributed by atoms with E-state index in [1.807, 2.05) is 39.0 Å². The SMILES string of the molecule is CC(C)(C)NC(=O)c1ccccc1NC12CC3CC(CC(C3)C1)C2. The maximum atomic E-state index is 12.7. The first-order valence-corrected chi connectivity index (χ1v) is 9.52. The lowest BCUT2D eigenvalue weighted by Gasteiger charge is -2.57. The molecule has 0 spiro atoms. The van der Waals surface area contributed by atoms with Gasteiger partial charge >= 0.3 is 0 Å². The Morgan fingerprint density at radius 1 is 1.00 bits per heavy atom. The predicted molar refractivity (Wildman–Crippen MR) is 98.2 cm³/mol. The third-order valence-corrected chi connectivity index (χ3v) is 6.10. The Morgan fingerprint density at radius 3 is 2.08 bits per heavy atom. The number of carbonyl (C=O) groups excluding carboxylic acids is 1. The zero-order chi connectivity index (χ0) is 16.9. The van der Waals surface area contributed by atoms with Crippen molar-refractivity contribution in [3.05, 3.63) is 29.8 Å². The molecule has 2 N–H and O–H groups in total. The molecule has 1 amide bonds. The summed E-state index contributed by atoms with van der Waals surface area (Å²) in [5, 5.41) is 6.97. The zero-order valence-corrected chi connectivity index (χ0v) is 15.2. The number of rotatable bonds is 3. The van der Waals surface area contributed by atoms with Crippen molar-refractivity contribution in [3.63, 3.8) is 0 Å². The first kappa shape index (κ1) is 16.0. The maximum absolute atomic E-state index is 12.7. The van der Waals surface area contributed by atoms with E-state index in [1.165, 1.54) is 38.5 Å². The Labute approximate surface area is 145 Å². The maximum Gasteiger partial charge on any atom is 0.253 e. The van der Waals surface area contributed by atoms with Gasteiger partial charge in [0.15, 0.2) is 0 Å². The molecule has 0 heterocycles. The Balaban J connectivity index is 1.58. The van der Waals surface area contributed by atoms with Gasteiger partial charge in [0, 0.05) is 16.8 Å². The summed E-state index contributed by atoms with van der Waals surface area (Å²) < 4.78 is 0. The van der Waals surface area contributed by atoms with Crippen LogP contribution in [0.3, 0.4) is 0 Å². The van der Waals surface area contributed by atoms with Gasteiger partial charge in [-0.15, -0.1) is 0 Å². The topological polar surface area (TPSA) is 41.1 Å². The molecule has 0 saturated heterocycles. The van der Waals surface area contributed by atoms with E-state index in [4.69, 9.17) is 0 Å². The molecular weight excluding hydrogens is 296 g/mol. The van der Waals surface area contributed by atoms with Crippen LogP contribution in [0.1, 0.15) is 69.7 Å². The lowest BCUT2D eigenvalue weighted by molar-refractivity contribution is 0.0107. The van der Waals surface area contributed by atoms with E-state index in [1.54, 1.807) is 0 Å². The highest BCUT2D eigenvalue weighted by molar-refractivity contribution is 6.00. The summed E-state index contributed by atoms with van der Waals surface area (Å²) in [5.41, 5.74) is 1.81. The van der Waals surface area contributed by atoms with Crippen LogP contribution in [-0.2, 0) is 0 Å². The fourth-order valence-corrected chi connectivity index (χ4v) is 5.75. The lowest BCUT2D eigenvalue weighted by Crippen LogP contribution is -2.55. The number of hydrogen-bond acceptors (Lipinski definition) is 2. The first-order valence-electron chi connectivity index (χ1n) is 9.52. The van der Waals surface area contributed by atoms with Gasteiger partial charge in [0.25, 0.3) is 5.91 Å². The average Bonchev–Trinajstić information content (AvgIpc) is 2.43. The molecule has 0 radical (unpaired) electrons. The minimum Gasteiger partial charge on any atom is -0.379 e. The fourth-order valence-electron chi connectivity index (χ4n) is 5.75. The summed E-state index contributed by atoms with van der Waals surface area (Å²) in [6, 6.07) is 8.03. The van der Waals surface area contributed by atoms with E-state index in [2.05, 4.69) is 16.7 Å². The number of benzene rings is 1. The van der Waals surface area contributed by atoms with Gasteiger partial charge in [-0.25, -0.2) is 0 Å². The average molecular weight is 326 g/mol. The molecule has 4 fully saturated rings. The first-order chi connectivity index (χ1) is 11.3. The second-order valence-corrected chi connectivity index (χ2v) is 9.57. The van der Waals surface area contributed by atoms with Crippen LogP contribution < -0.4 is 10.6 Å². The Hall–Kier alpha value is -1.51. The molecule has 0 unspecified atom stereocenters. The lowest BCUT2D eigenvalue weighted by atomic mass is 9.53. The molecular formula is C21H30N2O. The molecule has 0 aliphatic heterocycles. The number of hydrogen-bond donors (Lipinski definition) is 2. The van der Waals surface area contributed by atoms with Crippen molar-refractivity contribution in [2.24, 2.45) is 17.8 Å². The van der Waals surface area contributed by atoms with Crippen LogP contribution in [0.5, 0.6) is 0 Å². The molecule has 0 aromatic heterocycles. The molecule has 4 aliphatic carbocycles. The molecule has 1 aromatic carbocycles. The monoisotopic (exact) mass is 326 g/mol. The van der Waals surface area contributed by atoms with Crippen molar-refractivity contribution in [2.45, 2.75) is 70.4 Å². The van der Waals surface area contributed by atoms with E-state index in [-0.39, 0.29) is 17.0 Å². The van der Waals surface area contributed by atoms with Gasteiger partial charge in [-0.1, -0.05) is 12.1 Å². The number of nitrogens with one attached hydrogen (secondary N) is 2. The van der Waals surface area contributed by atoms with Gasteiger partial charge < -0.3 is 10.6 Å². The third kappa shape index (κ3) is 3.05. The van der Waals surface area contributed by atoms with Gasteiger partial charge in [-0.05, 0) is 89.2 Å². The summed E-state index contributed by atoms with van der Waals surface area (Å²) in [6.45, 7) is 6.08. The molecule has 24 heavy (non-hydrogen) atoms. The van der Waals surface area contributed by atoms with Crippen LogP contribution in [-0.4, -0.2) is 17.0 Å². The highest BCUT2D eigenvalue weighted by Gasteiger charge is 2.51. The molecule has 4 bridgehead atoms. The van der Waals surface area contributed by atoms with Crippen LogP contribution in [0.2, 0.25) is 0 Å². The number of anilines is 1. The normalized spacial score (nSPS) is 34.2. The van der Waals surface area contributed by atoms with Crippen molar-refractivity contribution < 1.29 is 4.79 Å². The number of amides is 1.